The van der Waals surface area contributed by atoms with E-state index in [4.69, 9.17) is 0 Å². The summed E-state index contributed by atoms with van der Waals surface area (Å²) in [7, 11) is 0. The Kier molecular flexibility index (Phi) is 4.41. The second-order valence-electron chi connectivity index (χ2n) is 3.44. The molecule has 0 bridgehead atoms. The average Bonchev–Trinajstić information content (AvgIpc) is 2.89. The predicted molar refractivity (Wildman–Crippen MR) is 79.9 cm³/mol. The van der Waals surface area contributed by atoms with Gasteiger partial charge in [0, 0.05) is 9.35 Å². The molecule has 2 aromatic heterocycles. The van der Waals surface area contributed by atoms with Gasteiger partial charge in [0.25, 0.3) is 5.91 Å². The van der Waals surface area contributed by atoms with Crippen LogP contribution in [0.5, 0.6) is 0 Å². The molecule has 2 heterocycles. The molecule has 17 heavy (non-hydrogen) atoms. The predicted octanol–water partition coefficient (Wildman–Crippen LogP) is 4.83. The van der Waals surface area contributed by atoms with Gasteiger partial charge in [-0.25, -0.2) is 0 Å². The van der Waals surface area contributed by atoms with Gasteiger partial charge >= 0.3 is 0 Å². The van der Waals surface area contributed by atoms with Gasteiger partial charge < -0.3 is 5.32 Å². The Hall–Kier alpha value is -0.170. The normalized spacial score (nSPS) is 12.4. The van der Waals surface area contributed by atoms with Crippen molar-refractivity contribution in [2.24, 2.45) is 0 Å². The highest BCUT2D eigenvalue weighted by Gasteiger charge is 2.15. The van der Waals surface area contributed by atoms with Crippen molar-refractivity contribution < 1.29 is 4.79 Å². The first-order valence-corrected chi connectivity index (χ1v) is 8.15. The van der Waals surface area contributed by atoms with Gasteiger partial charge in [-0.05, 0) is 56.3 Å². The minimum atomic E-state index is -0.0395. The van der Waals surface area contributed by atoms with Crippen LogP contribution in [0, 0.1) is 0 Å². The monoisotopic (exact) mass is 393 g/mol. The maximum absolute atomic E-state index is 12.0. The van der Waals surface area contributed by atoms with Gasteiger partial charge in [-0.1, -0.05) is 6.07 Å². The van der Waals surface area contributed by atoms with Crippen molar-refractivity contribution in [1.82, 2.24) is 5.32 Å². The molecule has 0 fully saturated rings. The van der Waals surface area contributed by atoms with Gasteiger partial charge in [-0.15, -0.1) is 22.7 Å². The lowest BCUT2D eigenvalue weighted by Gasteiger charge is -2.10. The fraction of sp³-hybridized carbons (Fsp3) is 0.182. The third-order valence-electron chi connectivity index (χ3n) is 2.19. The molecule has 0 spiro atoms. The summed E-state index contributed by atoms with van der Waals surface area (Å²) in [5, 5.41) is 4.99. The van der Waals surface area contributed by atoms with Crippen LogP contribution in [-0.2, 0) is 0 Å². The Balaban J connectivity index is 2.07. The quantitative estimate of drug-likeness (QED) is 0.793. The highest BCUT2D eigenvalue weighted by Crippen LogP contribution is 2.32. The minimum absolute atomic E-state index is 0.0395. The summed E-state index contributed by atoms with van der Waals surface area (Å²) in [5.74, 6) is -0.0395. The zero-order valence-corrected chi connectivity index (χ0v) is 13.7. The van der Waals surface area contributed by atoms with E-state index in [0.29, 0.717) is 4.88 Å². The number of halogens is 2. The number of carbonyl (C=O) groups excluding carboxylic acids is 1. The highest BCUT2D eigenvalue weighted by atomic mass is 79.9. The Morgan fingerprint density at radius 3 is 2.76 bits per heavy atom. The van der Waals surface area contributed by atoms with Crippen LogP contribution >= 0.6 is 54.5 Å². The maximum atomic E-state index is 12.0. The molecular weight excluding hydrogens is 386 g/mol. The molecule has 0 saturated carbocycles. The molecule has 1 amide bonds. The van der Waals surface area contributed by atoms with Crippen molar-refractivity contribution in [3.63, 3.8) is 0 Å². The standard InChI is InChI=1S/C11H9Br2NOS2/c1-6(8-3-2-4-16-8)14-11(15)9-5-7(12)10(13)17-9/h2-6H,1H3,(H,14,15). The maximum Gasteiger partial charge on any atom is 0.261 e. The SMILES string of the molecule is CC(NC(=O)c1cc(Br)c(Br)s1)c1cccs1. The van der Waals surface area contributed by atoms with Gasteiger partial charge in [0.2, 0.25) is 0 Å². The molecule has 0 radical (unpaired) electrons. The van der Waals surface area contributed by atoms with Gasteiger partial charge in [-0.3, -0.25) is 4.79 Å². The number of hydrogen-bond donors (Lipinski definition) is 1. The lowest BCUT2D eigenvalue weighted by molar-refractivity contribution is 0.0944. The van der Waals surface area contributed by atoms with Crippen molar-refractivity contribution in [2.75, 3.05) is 0 Å². The second-order valence-corrected chi connectivity index (χ2v) is 7.65. The molecule has 0 aromatic carbocycles. The van der Waals surface area contributed by atoms with Crippen LogP contribution in [-0.4, -0.2) is 5.91 Å². The van der Waals surface area contributed by atoms with Gasteiger partial charge in [0.05, 0.1) is 14.7 Å². The van der Waals surface area contributed by atoms with Crippen LogP contribution in [0.15, 0.2) is 31.8 Å². The highest BCUT2D eigenvalue weighted by molar-refractivity contribution is 9.13. The van der Waals surface area contributed by atoms with E-state index in [-0.39, 0.29) is 11.9 Å². The zero-order valence-electron chi connectivity index (χ0n) is 8.87. The van der Waals surface area contributed by atoms with E-state index in [1.54, 1.807) is 11.3 Å². The lowest BCUT2D eigenvalue weighted by Crippen LogP contribution is -2.25. The molecule has 0 aliphatic rings. The lowest BCUT2D eigenvalue weighted by atomic mass is 10.2. The zero-order chi connectivity index (χ0) is 12.4. The summed E-state index contributed by atoms with van der Waals surface area (Å²) in [4.78, 5) is 13.8. The fourth-order valence-corrected chi connectivity index (χ4v) is 4.01. The largest absolute Gasteiger partial charge is 0.344 e. The molecule has 90 valence electrons. The van der Waals surface area contributed by atoms with E-state index in [1.165, 1.54) is 11.3 Å². The molecule has 2 aromatic rings. The van der Waals surface area contributed by atoms with Crippen LogP contribution in [0.4, 0.5) is 0 Å². The number of hydrogen-bond acceptors (Lipinski definition) is 3. The molecule has 1 unspecified atom stereocenters. The summed E-state index contributed by atoms with van der Waals surface area (Å²) in [5.41, 5.74) is 0. The second kappa shape index (κ2) is 5.65. The molecule has 1 atom stereocenters. The molecule has 0 aliphatic carbocycles. The fourth-order valence-electron chi connectivity index (χ4n) is 1.34. The van der Waals surface area contributed by atoms with Crippen molar-refractivity contribution >= 4 is 60.4 Å². The topological polar surface area (TPSA) is 29.1 Å². The number of nitrogens with one attached hydrogen (secondary N) is 1. The molecule has 2 rings (SSSR count). The summed E-state index contributed by atoms with van der Waals surface area (Å²) < 4.78 is 1.85. The van der Waals surface area contributed by atoms with Crippen LogP contribution in [0.3, 0.4) is 0 Å². The summed E-state index contributed by atoms with van der Waals surface area (Å²) >= 11 is 9.83. The number of carbonyl (C=O) groups is 1. The first kappa shape index (κ1) is 13.3. The summed E-state index contributed by atoms with van der Waals surface area (Å²) in [6, 6.07) is 5.88. The van der Waals surface area contributed by atoms with E-state index >= 15 is 0 Å². The van der Waals surface area contributed by atoms with Crippen LogP contribution in [0.25, 0.3) is 0 Å². The van der Waals surface area contributed by atoms with Gasteiger partial charge in [0.15, 0.2) is 0 Å². The third-order valence-corrected chi connectivity index (χ3v) is 6.50. The van der Waals surface area contributed by atoms with Gasteiger partial charge in [-0.2, -0.15) is 0 Å². The molecule has 1 N–H and O–H groups in total. The van der Waals surface area contributed by atoms with E-state index in [0.717, 1.165) is 13.1 Å². The first-order valence-electron chi connectivity index (χ1n) is 4.87. The molecule has 2 nitrogen and oxygen atoms in total. The number of rotatable bonds is 3. The van der Waals surface area contributed by atoms with E-state index in [9.17, 15) is 4.79 Å². The van der Waals surface area contributed by atoms with E-state index in [1.807, 2.05) is 30.5 Å². The molecular formula is C11H9Br2NOS2. The third kappa shape index (κ3) is 3.19. The van der Waals surface area contributed by atoms with Crippen molar-refractivity contribution in [3.8, 4) is 0 Å². The van der Waals surface area contributed by atoms with Crippen molar-refractivity contribution in [1.29, 1.82) is 0 Å². The smallest absolute Gasteiger partial charge is 0.261 e. The number of thiophene rings is 2. The Bertz CT molecular complexity index is 502. The summed E-state index contributed by atoms with van der Waals surface area (Å²) in [6.07, 6.45) is 0. The Morgan fingerprint density at radius 1 is 1.47 bits per heavy atom. The number of amides is 1. The van der Waals surface area contributed by atoms with Crippen LogP contribution < -0.4 is 5.32 Å². The first-order chi connectivity index (χ1) is 8.08. The average molecular weight is 395 g/mol. The Labute approximate surface area is 124 Å². The van der Waals surface area contributed by atoms with Crippen LogP contribution in [0.2, 0.25) is 0 Å². The molecule has 6 heteroatoms. The van der Waals surface area contributed by atoms with Gasteiger partial charge in [0.1, 0.15) is 0 Å². The Morgan fingerprint density at radius 2 is 2.24 bits per heavy atom. The van der Waals surface area contributed by atoms with Crippen molar-refractivity contribution in [2.45, 2.75) is 13.0 Å². The van der Waals surface area contributed by atoms with E-state index in [2.05, 4.69) is 37.2 Å². The minimum Gasteiger partial charge on any atom is -0.344 e. The van der Waals surface area contributed by atoms with E-state index < -0.39 is 0 Å². The summed E-state index contributed by atoms with van der Waals surface area (Å²) in [6.45, 7) is 1.99. The van der Waals surface area contributed by atoms with Crippen LogP contribution in [0.1, 0.15) is 27.5 Å². The van der Waals surface area contributed by atoms with Crippen molar-refractivity contribution in [3.05, 3.63) is 41.6 Å². The molecule has 0 aliphatic heterocycles. The molecule has 0 saturated heterocycles.